The second-order valence-electron chi connectivity index (χ2n) is 9.31. The summed E-state index contributed by atoms with van der Waals surface area (Å²) in [5, 5.41) is 13.0. The minimum Gasteiger partial charge on any atom is -0.495 e. The second kappa shape index (κ2) is 11.0. The molecule has 9 nitrogen and oxygen atoms in total. The topological polar surface area (TPSA) is 96.8 Å². The van der Waals surface area contributed by atoms with E-state index in [-0.39, 0.29) is 12.2 Å². The Kier molecular flexibility index (Phi) is 7.49. The molecule has 0 aliphatic heterocycles. The Morgan fingerprint density at radius 3 is 2.58 bits per heavy atom. The molecular formula is C28H25ClF2N6O3. The van der Waals surface area contributed by atoms with Crippen molar-refractivity contribution in [3.63, 3.8) is 0 Å². The van der Waals surface area contributed by atoms with E-state index in [2.05, 4.69) is 15.4 Å². The van der Waals surface area contributed by atoms with E-state index in [1.807, 2.05) is 38.4 Å². The molecule has 5 rings (SSSR count). The number of pyridine rings is 1. The first kappa shape index (κ1) is 27.2. The summed E-state index contributed by atoms with van der Waals surface area (Å²) in [7, 11) is 3.27. The monoisotopic (exact) mass is 566 g/mol. The quantitative estimate of drug-likeness (QED) is 0.239. The molecule has 3 heterocycles. The van der Waals surface area contributed by atoms with E-state index in [9.17, 15) is 18.4 Å². The average molecular weight is 567 g/mol. The summed E-state index contributed by atoms with van der Waals surface area (Å²) >= 11 is 6.27. The van der Waals surface area contributed by atoms with E-state index >= 15 is 0 Å². The van der Waals surface area contributed by atoms with Gasteiger partial charge in [0.2, 0.25) is 0 Å². The van der Waals surface area contributed by atoms with Crippen LogP contribution in [0.2, 0.25) is 5.02 Å². The van der Waals surface area contributed by atoms with Gasteiger partial charge in [0, 0.05) is 47.3 Å². The number of hydrogen-bond acceptors (Lipinski definition) is 6. The molecule has 0 N–H and O–H groups in total. The van der Waals surface area contributed by atoms with Gasteiger partial charge in [0.05, 0.1) is 36.7 Å². The van der Waals surface area contributed by atoms with Crippen molar-refractivity contribution in [1.29, 1.82) is 0 Å². The highest BCUT2D eigenvalue weighted by molar-refractivity contribution is 6.31. The molecule has 0 saturated heterocycles. The van der Waals surface area contributed by atoms with Gasteiger partial charge < -0.3 is 9.30 Å². The zero-order chi connectivity index (χ0) is 28.6. The van der Waals surface area contributed by atoms with E-state index in [1.165, 1.54) is 28.6 Å². The molecule has 40 heavy (non-hydrogen) atoms. The van der Waals surface area contributed by atoms with Crippen molar-refractivity contribution >= 4 is 28.3 Å². The van der Waals surface area contributed by atoms with Crippen LogP contribution in [0.15, 0.2) is 65.8 Å². The highest BCUT2D eigenvalue weighted by Gasteiger charge is 2.24. The van der Waals surface area contributed by atoms with Crippen LogP contribution in [0.1, 0.15) is 37.1 Å². The first-order valence-corrected chi connectivity index (χ1v) is 12.8. The van der Waals surface area contributed by atoms with Gasteiger partial charge in [-0.2, -0.15) is 5.10 Å². The maximum absolute atomic E-state index is 13.4. The SMILES string of the molecule is CC[C@@H](C(=O)Cc1ccc2nn(C)cc2c1)n1cc(OC)c(-c2cc(Cl)ccc2-n2cc(C(F)F)nn2)cc1=O. The fraction of sp³-hybridized carbons (Fsp3) is 0.250. The number of Topliss-reactive ketones (excluding diaryl/α,β-unsaturated/α-hetero) is 1. The number of benzene rings is 2. The largest absolute Gasteiger partial charge is 0.495 e. The van der Waals surface area contributed by atoms with E-state index in [1.54, 1.807) is 22.9 Å². The third-order valence-electron chi connectivity index (χ3n) is 6.65. The predicted molar refractivity (Wildman–Crippen MR) is 146 cm³/mol. The van der Waals surface area contributed by atoms with Crippen molar-refractivity contribution in [3.05, 3.63) is 87.7 Å². The summed E-state index contributed by atoms with van der Waals surface area (Å²) in [6.07, 6.45) is 2.21. The number of carbonyl (C=O) groups excluding carboxylic acids is 1. The Bertz CT molecular complexity index is 1780. The maximum Gasteiger partial charge on any atom is 0.283 e. The molecule has 0 aliphatic rings. The fourth-order valence-electron chi connectivity index (χ4n) is 4.77. The number of nitrogens with zero attached hydrogens (tertiary/aromatic N) is 6. The number of alkyl halides is 2. The summed E-state index contributed by atoms with van der Waals surface area (Å²) in [5.41, 5.74) is 1.88. The third kappa shape index (κ3) is 5.24. The lowest BCUT2D eigenvalue weighted by atomic mass is 9.99. The number of aromatic nitrogens is 6. The van der Waals surface area contributed by atoms with Crippen molar-refractivity contribution in [2.45, 2.75) is 32.2 Å². The van der Waals surface area contributed by atoms with Crippen LogP contribution in [-0.4, -0.2) is 42.2 Å². The molecule has 12 heteroatoms. The number of aryl methyl sites for hydroxylation is 1. The maximum atomic E-state index is 13.4. The second-order valence-corrected chi connectivity index (χ2v) is 9.75. The van der Waals surface area contributed by atoms with Crippen LogP contribution in [0, 0.1) is 0 Å². The van der Waals surface area contributed by atoms with Gasteiger partial charge in [-0.25, -0.2) is 13.5 Å². The van der Waals surface area contributed by atoms with Crippen molar-refractivity contribution in [2.24, 2.45) is 7.05 Å². The van der Waals surface area contributed by atoms with Crippen molar-refractivity contribution in [2.75, 3.05) is 7.11 Å². The molecule has 0 amide bonds. The third-order valence-corrected chi connectivity index (χ3v) is 6.89. The van der Waals surface area contributed by atoms with Gasteiger partial charge in [0.1, 0.15) is 11.4 Å². The van der Waals surface area contributed by atoms with Crippen LogP contribution in [0.5, 0.6) is 5.75 Å². The van der Waals surface area contributed by atoms with Crippen LogP contribution in [0.25, 0.3) is 27.7 Å². The number of ketones is 1. The normalized spacial score (nSPS) is 12.3. The van der Waals surface area contributed by atoms with Crippen LogP contribution in [0.4, 0.5) is 8.78 Å². The lowest BCUT2D eigenvalue weighted by Gasteiger charge is -2.20. The first-order valence-electron chi connectivity index (χ1n) is 12.4. The molecule has 0 unspecified atom stereocenters. The molecule has 5 aromatic rings. The zero-order valence-electron chi connectivity index (χ0n) is 21.9. The zero-order valence-corrected chi connectivity index (χ0v) is 22.6. The van der Waals surface area contributed by atoms with Crippen LogP contribution in [0.3, 0.4) is 0 Å². The molecule has 206 valence electrons. The lowest BCUT2D eigenvalue weighted by Crippen LogP contribution is -2.30. The standard InChI is InChI=1S/C28H25ClF2N6O3/c1-4-23(25(38)10-16-5-7-21-17(9-16)13-35(2)33-21)36-15-26(40-3)20(12-27(36)39)19-11-18(29)6-8-24(19)37-14-22(28(30)31)32-34-37/h5-9,11-15,23,28H,4,10H2,1-3H3/t23-/m0/s1. The summed E-state index contributed by atoms with van der Waals surface area (Å²) in [6, 6.07) is 11.0. The Labute approximate surface area is 232 Å². The van der Waals surface area contributed by atoms with Crippen LogP contribution in [-0.2, 0) is 18.3 Å². The number of ether oxygens (including phenoxy) is 1. The summed E-state index contributed by atoms with van der Waals surface area (Å²) in [6.45, 7) is 1.83. The average Bonchev–Trinajstić information content (AvgIpc) is 3.56. The molecule has 0 aliphatic carbocycles. The summed E-state index contributed by atoms with van der Waals surface area (Å²) in [4.78, 5) is 26.8. The predicted octanol–water partition coefficient (Wildman–Crippen LogP) is 5.35. The smallest absolute Gasteiger partial charge is 0.283 e. The van der Waals surface area contributed by atoms with Gasteiger partial charge >= 0.3 is 0 Å². The molecule has 0 bridgehead atoms. The molecule has 2 aromatic carbocycles. The van der Waals surface area contributed by atoms with E-state index < -0.39 is 23.7 Å². The van der Waals surface area contributed by atoms with Gasteiger partial charge in [-0.05, 0) is 42.3 Å². The molecule has 1 atom stereocenters. The van der Waals surface area contributed by atoms with Crippen molar-refractivity contribution < 1.29 is 18.3 Å². The number of carbonyl (C=O) groups is 1. The molecule has 0 spiro atoms. The molecule has 0 radical (unpaired) electrons. The molecule has 0 saturated carbocycles. The van der Waals surface area contributed by atoms with E-state index in [4.69, 9.17) is 16.3 Å². The molecule has 0 fully saturated rings. The number of rotatable bonds is 9. The lowest BCUT2D eigenvalue weighted by molar-refractivity contribution is -0.121. The fourth-order valence-corrected chi connectivity index (χ4v) is 4.94. The molecular weight excluding hydrogens is 542 g/mol. The van der Waals surface area contributed by atoms with E-state index in [0.717, 1.165) is 22.7 Å². The Morgan fingerprint density at radius 2 is 1.88 bits per heavy atom. The highest BCUT2D eigenvalue weighted by Crippen LogP contribution is 2.36. The molecule has 3 aromatic heterocycles. The number of methoxy groups -OCH3 is 1. The Morgan fingerprint density at radius 1 is 1.07 bits per heavy atom. The first-order chi connectivity index (χ1) is 19.2. The van der Waals surface area contributed by atoms with Gasteiger partial charge in [-0.15, -0.1) is 5.10 Å². The van der Waals surface area contributed by atoms with E-state index in [0.29, 0.717) is 34.0 Å². The number of fused-ring (bicyclic) bond motifs is 1. The Hall–Kier alpha value is -4.38. The van der Waals surface area contributed by atoms with Crippen LogP contribution < -0.4 is 10.3 Å². The summed E-state index contributed by atoms with van der Waals surface area (Å²) < 4.78 is 36.2. The minimum atomic E-state index is -2.79. The van der Waals surface area contributed by atoms with Gasteiger partial charge in [-0.1, -0.05) is 29.8 Å². The van der Waals surface area contributed by atoms with Gasteiger partial charge in [-0.3, -0.25) is 14.3 Å². The Balaban J connectivity index is 1.52. The van der Waals surface area contributed by atoms with Crippen molar-refractivity contribution in [1.82, 2.24) is 29.3 Å². The number of halogens is 3. The summed E-state index contributed by atoms with van der Waals surface area (Å²) in [5.74, 6) is 0.161. The van der Waals surface area contributed by atoms with Crippen molar-refractivity contribution in [3.8, 4) is 22.6 Å². The van der Waals surface area contributed by atoms with Gasteiger partial charge in [0.15, 0.2) is 5.78 Å². The minimum absolute atomic E-state index is 0.131. The number of hydrogen-bond donors (Lipinski definition) is 0. The van der Waals surface area contributed by atoms with Gasteiger partial charge in [0.25, 0.3) is 12.0 Å². The highest BCUT2D eigenvalue weighted by atomic mass is 35.5. The van der Waals surface area contributed by atoms with Crippen LogP contribution >= 0.6 is 11.6 Å².